The van der Waals surface area contributed by atoms with Crippen LogP contribution in [0.2, 0.25) is 0 Å². The van der Waals surface area contributed by atoms with Gasteiger partial charge in [-0.05, 0) is 20.0 Å². The lowest BCUT2D eigenvalue weighted by Crippen LogP contribution is -2.59. The van der Waals surface area contributed by atoms with Gasteiger partial charge >= 0.3 is 6.09 Å². The first kappa shape index (κ1) is 9.73. The van der Waals surface area contributed by atoms with Gasteiger partial charge in [-0.25, -0.2) is 4.79 Å². The van der Waals surface area contributed by atoms with Crippen LogP contribution in [0.5, 0.6) is 0 Å². The van der Waals surface area contributed by atoms with Crippen molar-refractivity contribution in [2.45, 2.75) is 31.1 Å². The van der Waals surface area contributed by atoms with Gasteiger partial charge in [0.05, 0.1) is 0 Å². The molecule has 2 rings (SSSR count). The fourth-order valence-electron chi connectivity index (χ4n) is 2.22. The number of aliphatic hydroxyl groups is 1. The lowest BCUT2D eigenvalue weighted by atomic mass is 9.83. The molecule has 5 heteroatoms. The van der Waals surface area contributed by atoms with Crippen LogP contribution in [0.4, 0.5) is 4.79 Å². The number of rotatable bonds is 0. The van der Waals surface area contributed by atoms with Crippen molar-refractivity contribution >= 4 is 6.09 Å². The molecule has 0 bridgehead atoms. The molecule has 1 spiro atoms. The first-order valence-electron chi connectivity index (χ1n) is 4.89. The number of carbonyl (C=O) groups is 1. The van der Waals surface area contributed by atoms with Crippen molar-refractivity contribution in [1.29, 1.82) is 0 Å². The first-order valence-corrected chi connectivity index (χ1v) is 4.89. The van der Waals surface area contributed by atoms with Crippen molar-refractivity contribution in [2.75, 3.05) is 20.1 Å². The van der Waals surface area contributed by atoms with Gasteiger partial charge in [-0.2, -0.15) is 0 Å². The first-order chi connectivity index (χ1) is 6.50. The molecular weight excluding hydrogens is 184 g/mol. The van der Waals surface area contributed by atoms with Gasteiger partial charge in [-0.15, -0.1) is 0 Å². The number of nitrogens with one attached hydrogen (secondary N) is 1. The molecule has 0 aromatic carbocycles. The van der Waals surface area contributed by atoms with Gasteiger partial charge in [0, 0.05) is 19.9 Å². The normalized spacial score (nSPS) is 36.2. The van der Waals surface area contributed by atoms with Crippen LogP contribution in [-0.4, -0.2) is 47.6 Å². The molecule has 1 amide bonds. The van der Waals surface area contributed by atoms with Gasteiger partial charge in [0.1, 0.15) is 0 Å². The van der Waals surface area contributed by atoms with E-state index in [-0.39, 0.29) is 0 Å². The number of carbonyl (C=O) groups excluding carboxylic acids is 1. The fraction of sp³-hybridized carbons (Fsp3) is 0.889. The van der Waals surface area contributed by atoms with E-state index < -0.39 is 17.4 Å². The molecule has 2 aliphatic rings. The molecule has 1 unspecified atom stereocenters. The van der Waals surface area contributed by atoms with Crippen LogP contribution in [0.3, 0.4) is 0 Å². The Morgan fingerprint density at radius 2 is 2.07 bits per heavy atom. The number of piperidine rings is 1. The molecule has 80 valence electrons. The monoisotopic (exact) mass is 200 g/mol. The average molecular weight is 200 g/mol. The van der Waals surface area contributed by atoms with Crippen molar-refractivity contribution in [3.8, 4) is 0 Å². The summed E-state index contributed by atoms with van der Waals surface area (Å²) in [6.07, 6.45) is 0.892. The fourth-order valence-corrected chi connectivity index (χ4v) is 2.22. The summed E-state index contributed by atoms with van der Waals surface area (Å²) in [4.78, 5) is 12.7. The van der Waals surface area contributed by atoms with Crippen LogP contribution in [0, 0.1) is 0 Å². The zero-order chi connectivity index (χ0) is 10.4. The van der Waals surface area contributed by atoms with Crippen molar-refractivity contribution in [3.63, 3.8) is 0 Å². The van der Waals surface area contributed by atoms with Crippen LogP contribution in [0.1, 0.15) is 19.8 Å². The number of likely N-dealkylation sites (N-methyl/N-ethyl adjacent to an activating group) is 1. The van der Waals surface area contributed by atoms with Crippen molar-refractivity contribution in [1.82, 2.24) is 10.2 Å². The third kappa shape index (κ3) is 1.05. The molecular formula is C9H16N2O3. The molecule has 2 aliphatic heterocycles. The molecule has 2 N–H and O–H groups in total. The summed E-state index contributed by atoms with van der Waals surface area (Å²) in [6, 6.07) is 0. The minimum atomic E-state index is -1.19. The van der Waals surface area contributed by atoms with E-state index >= 15 is 0 Å². The van der Waals surface area contributed by atoms with E-state index in [9.17, 15) is 9.90 Å². The highest BCUT2D eigenvalue weighted by molar-refractivity contribution is 5.71. The summed E-state index contributed by atoms with van der Waals surface area (Å²) in [5.74, 6) is 0. The summed E-state index contributed by atoms with van der Waals surface area (Å²) in [5.41, 5.74) is -1.91. The minimum Gasteiger partial charge on any atom is -0.437 e. The predicted molar refractivity (Wildman–Crippen MR) is 49.7 cm³/mol. The summed E-state index contributed by atoms with van der Waals surface area (Å²) < 4.78 is 5.31. The quantitative estimate of drug-likeness (QED) is 0.573. The van der Waals surface area contributed by atoms with Crippen molar-refractivity contribution in [3.05, 3.63) is 0 Å². The molecule has 14 heavy (non-hydrogen) atoms. The van der Waals surface area contributed by atoms with Gasteiger partial charge < -0.3 is 15.2 Å². The topological polar surface area (TPSA) is 61.8 Å². The Balaban J connectivity index is 2.30. The largest absolute Gasteiger partial charge is 0.437 e. The Morgan fingerprint density at radius 1 is 1.50 bits per heavy atom. The highest BCUT2D eigenvalue weighted by atomic mass is 16.6. The van der Waals surface area contributed by atoms with E-state index in [1.165, 1.54) is 4.90 Å². The molecule has 2 fully saturated rings. The summed E-state index contributed by atoms with van der Waals surface area (Å²) >= 11 is 0. The molecule has 0 saturated carbocycles. The molecule has 0 aromatic rings. The van der Waals surface area contributed by atoms with E-state index in [1.54, 1.807) is 14.0 Å². The van der Waals surface area contributed by atoms with Crippen molar-refractivity contribution < 1.29 is 14.6 Å². The van der Waals surface area contributed by atoms with Crippen LogP contribution in [0.15, 0.2) is 0 Å². The standard InChI is InChI=1S/C9H16N2O3/c1-8(13)9(3-5-10-6-4-9)14-7(12)11(8)2/h10,13H,3-6H2,1-2H3. The number of hydrogen-bond donors (Lipinski definition) is 2. The maximum atomic E-state index is 11.4. The van der Waals surface area contributed by atoms with Gasteiger partial charge in [0.25, 0.3) is 0 Å². The second-order valence-electron chi connectivity index (χ2n) is 4.19. The number of nitrogens with zero attached hydrogens (tertiary/aromatic N) is 1. The average Bonchev–Trinajstić information content (AvgIpc) is 2.30. The van der Waals surface area contributed by atoms with Crippen LogP contribution < -0.4 is 5.32 Å². The summed E-state index contributed by atoms with van der Waals surface area (Å²) in [7, 11) is 1.57. The molecule has 1 atom stereocenters. The molecule has 0 radical (unpaired) electrons. The number of ether oxygens (including phenoxy) is 1. The third-order valence-corrected chi connectivity index (χ3v) is 3.48. The molecule has 2 heterocycles. The van der Waals surface area contributed by atoms with Gasteiger partial charge in [-0.3, -0.25) is 4.90 Å². The number of hydrogen-bond acceptors (Lipinski definition) is 4. The third-order valence-electron chi connectivity index (χ3n) is 3.48. The highest BCUT2D eigenvalue weighted by Gasteiger charge is 2.60. The van der Waals surface area contributed by atoms with Crippen LogP contribution in [0.25, 0.3) is 0 Å². The molecule has 0 aliphatic carbocycles. The van der Waals surface area contributed by atoms with E-state index in [4.69, 9.17) is 4.74 Å². The Labute approximate surface area is 83.0 Å². The summed E-state index contributed by atoms with van der Waals surface area (Å²) in [5, 5.41) is 13.4. The van der Waals surface area contributed by atoms with Crippen LogP contribution >= 0.6 is 0 Å². The van der Waals surface area contributed by atoms with Crippen LogP contribution in [-0.2, 0) is 4.74 Å². The zero-order valence-electron chi connectivity index (χ0n) is 8.54. The van der Waals surface area contributed by atoms with E-state index in [0.717, 1.165) is 13.1 Å². The molecule has 5 nitrogen and oxygen atoms in total. The maximum absolute atomic E-state index is 11.4. The smallest absolute Gasteiger partial charge is 0.412 e. The summed E-state index contributed by atoms with van der Waals surface area (Å²) in [6.45, 7) is 3.19. The highest BCUT2D eigenvalue weighted by Crippen LogP contribution is 2.42. The van der Waals surface area contributed by atoms with Crippen molar-refractivity contribution in [2.24, 2.45) is 0 Å². The maximum Gasteiger partial charge on any atom is 0.412 e. The Morgan fingerprint density at radius 3 is 2.50 bits per heavy atom. The van der Waals surface area contributed by atoms with Gasteiger partial charge in [-0.1, -0.05) is 0 Å². The Hall–Kier alpha value is -0.810. The SMILES string of the molecule is CN1C(=O)OC2(CCNCC2)C1(C)O. The van der Waals surface area contributed by atoms with Gasteiger partial charge in [0.15, 0.2) is 11.3 Å². The van der Waals surface area contributed by atoms with E-state index in [2.05, 4.69) is 5.32 Å². The second-order valence-corrected chi connectivity index (χ2v) is 4.19. The Kier molecular flexibility index (Phi) is 1.97. The molecule has 2 saturated heterocycles. The zero-order valence-corrected chi connectivity index (χ0v) is 8.54. The Bertz CT molecular complexity index is 259. The second kappa shape index (κ2) is 2.84. The minimum absolute atomic E-state index is 0.433. The molecule has 0 aromatic heterocycles. The van der Waals surface area contributed by atoms with Gasteiger partial charge in [0.2, 0.25) is 0 Å². The predicted octanol–water partition coefficient (Wildman–Crippen LogP) is -0.101. The van der Waals surface area contributed by atoms with E-state index in [1.807, 2.05) is 0 Å². The lowest BCUT2D eigenvalue weighted by Gasteiger charge is -2.41. The number of amides is 1. The lowest BCUT2D eigenvalue weighted by molar-refractivity contribution is -0.150. The van der Waals surface area contributed by atoms with E-state index in [0.29, 0.717) is 12.8 Å².